The van der Waals surface area contributed by atoms with Crippen molar-refractivity contribution >= 4 is 5.97 Å². The van der Waals surface area contributed by atoms with Crippen LogP contribution in [0.5, 0.6) is 11.5 Å². The molecule has 2 heterocycles. The predicted molar refractivity (Wildman–Crippen MR) is 78.7 cm³/mol. The molecule has 0 unspecified atom stereocenters. The highest BCUT2D eigenvalue weighted by molar-refractivity contribution is 5.67. The van der Waals surface area contributed by atoms with Crippen LogP contribution < -0.4 is 14.8 Å². The van der Waals surface area contributed by atoms with Gasteiger partial charge in [-0.3, -0.25) is 9.89 Å². The molecule has 0 atom stereocenters. The number of rotatable bonds is 7. The van der Waals surface area contributed by atoms with E-state index in [1.165, 1.54) is 0 Å². The van der Waals surface area contributed by atoms with Crippen molar-refractivity contribution in [2.75, 3.05) is 13.3 Å². The van der Waals surface area contributed by atoms with Gasteiger partial charge in [0.05, 0.1) is 11.9 Å². The van der Waals surface area contributed by atoms with Crippen LogP contribution in [0.2, 0.25) is 0 Å². The third-order valence-electron chi connectivity index (χ3n) is 3.44. The van der Waals surface area contributed by atoms with Gasteiger partial charge in [-0.15, -0.1) is 0 Å². The first-order chi connectivity index (χ1) is 10.7. The van der Waals surface area contributed by atoms with E-state index in [2.05, 4.69) is 15.5 Å². The monoisotopic (exact) mass is 303 g/mol. The van der Waals surface area contributed by atoms with Crippen LogP contribution in [0, 0.1) is 0 Å². The van der Waals surface area contributed by atoms with Crippen LogP contribution in [-0.4, -0.2) is 34.6 Å². The van der Waals surface area contributed by atoms with Gasteiger partial charge in [0, 0.05) is 24.1 Å². The minimum atomic E-state index is -0.772. The summed E-state index contributed by atoms with van der Waals surface area (Å²) >= 11 is 0. The lowest BCUT2D eigenvalue weighted by molar-refractivity contribution is -0.137. The van der Waals surface area contributed by atoms with Crippen LogP contribution in [0.15, 0.2) is 24.4 Å². The average Bonchev–Trinajstić information content (AvgIpc) is 3.14. The molecule has 0 amide bonds. The van der Waals surface area contributed by atoms with E-state index in [0.717, 1.165) is 28.3 Å². The van der Waals surface area contributed by atoms with Crippen molar-refractivity contribution in [2.24, 2.45) is 0 Å². The Bertz CT molecular complexity index is 669. The number of hydrogen-bond donors (Lipinski definition) is 3. The molecule has 7 nitrogen and oxygen atoms in total. The number of ether oxygens (including phenoxy) is 2. The molecule has 3 rings (SSSR count). The molecule has 1 aliphatic heterocycles. The second kappa shape index (κ2) is 6.48. The number of carboxylic acid groups (broad SMARTS) is 1. The number of carboxylic acids is 1. The molecule has 0 aliphatic carbocycles. The van der Waals surface area contributed by atoms with Crippen molar-refractivity contribution in [2.45, 2.75) is 19.4 Å². The molecule has 7 heteroatoms. The van der Waals surface area contributed by atoms with Gasteiger partial charge in [0.25, 0.3) is 0 Å². The Labute approximate surface area is 127 Å². The van der Waals surface area contributed by atoms with Crippen molar-refractivity contribution < 1.29 is 19.4 Å². The van der Waals surface area contributed by atoms with Crippen LogP contribution in [0.25, 0.3) is 11.3 Å². The number of benzene rings is 1. The number of aromatic nitrogens is 2. The molecule has 0 bridgehead atoms. The molecule has 0 saturated heterocycles. The van der Waals surface area contributed by atoms with Crippen molar-refractivity contribution in [3.8, 4) is 22.8 Å². The van der Waals surface area contributed by atoms with E-state index in [9.17, 15) is 4.79 Å². The standard InChI is InChI=1S/C15H17N3O4/c19-14(20)2-1-5-16-7-11-8-17-18-15(11)10-3-4-12-13(6-10)22-9-21-12/h3-4,6,8,16H,1-2,5,7,9H2,(H,17,18)(H,19,20). The molecule has 1 aromatic heterocycles. The maximum Gasteiger partial charge on any atom is 0.303 e. The number of fused-ring (bicyclic) bond motifs is 1. The van der Waals surface area contributed by atoms with Crippen molar-refractivity contribution in [3.63, 3.8) is 0 Å². The van der Waals surface area contributed by atoms with E-state index in [1.807, 2.05) is 18.2 Å². The zero-order valence-corrected chi connectivity index (χ0v) is 12.0. The fourth-order valence-electron chi connectivity index (χ4n) is 2.33. The minimum Gasteiger partial charge on any atom is -0.481 e. The summed E-state index contributed by atoms with van der Waals surface area (Å²) < 4.78 is 10.7. The quantitative estimate of drug-likeness (QED) is 0.674. The maximum absolute atomic E-state index is 10.5. The summed E-state index contributed by atoms with van der Waals surface area (Å²) in [6.45, 7) is 1.53. The lowest BCUT2D eigenvalue weighted by Gasteiger charge is -2.06. The van der Waals surface area contributed by atoms with E-state index < -0.39 is 5.97 Å². The summed E-state index contributed by atoms with van der Waals surface area (Å²) in [4.78, 5) is 10.5. The minimum absolute atomic E-state index is 0.174. The number of H-pyrrole nitrogens is 1. The zero-order chi connectivity index (χ0) is 15.4. The Morgan fingerprint density at radius 2 is 2.23 bits per heavy atom. The number of aliphatic carboxylic acids is 1. The summed E-state index contributed by atoms with van der Waals surface area (Å²) in [5, 5.41) is 18.9. The fourth-order valence-corrected chi connectivity index (χ4v) is 2.33. The first-order valence-corrected chi connectivity index (χ1v) is 7.09. The second-order valence-electron chi connectivity index (χ2n) is 5.01. The molecule has 1 aromatic carbocycles. The summed E-state index contributed by atoms with van der Waals surface area (Å²) in [7, 11) is 0. The van der Waals surface area contributed by atoms with E-state index in [4.69, 9.17) is 14.6 Å². The van der Waals surface area contributed by atoms with Gasteiger partial charge in [-0.1, -0.05) is 0 Å². The van der Waals surface area contributed by atoms with E-state index in [1.54, 1.807) is 6.20 Å². The van der Waals surface area contributed by atoms with Crippen molar-refractivity contribution in [3.05, 3.63) is 30.0 Å². The third-order valence-corrected chi connectivity index (χ3v) is 3.44. The highest BCUT2D eigenvalue weighted by Gasteiger charge is 2.16. The SMILES string of the molecule is O=C(O)CCCNCc1cn[nH]c1-c1ccc2c(c1)OCO2. The highest BCUT2D eigenvalue weighted by Crippen LogP contribution is 2.36. The van der Waals surface area contributed by atoms with Gasteiger partial charge in [-0.2, -0.15) is 5.10 Å². The molecule has 0 saturated carbocycles. The van der Waals surface area contributed by atoms with Gasteiger partial charge < -0.3 is 19.9 Å². The average molecular weight is 303 g/mol. The van der Waals surface area contributed by atoms with Gasteiger partial charge in [-0.05, 0) is 31.2 Å². The molecule has 0 spiro atoms. The molecule has 0 radical (unpaired) electrons. The van der Waals surface area contributed by atoms with Gasteiger partial charge in [0.2, 0.25) is 6.79 Å². The molecular formula is C15H17N3O4. The molecule has 2 aromatic rings. The zero-order valence-electron chi connectivity index (χ0n) is 12.0. The van der Waals surface area contributed by atoms with Gasteiger partial charge in [0.1, 0.15) is 0 Å². The third kappa shape index (κ3) is 3.20. The Balaban J connectivity index is 1.63. The molecule has 3 N–H and O–H groups in total. The van der Waals surface area contributed by atoms with Crippen LogP contribution >= 0.6 is 0 Å². The predicted octanol–water partition coefficient (Wildman–Crippen LogP) is 1.76. The lowest BCUT2D eigenvalue weighted by Crippen LogP contribution is -2.15. The number of hydrogen-bond acceptors (Lipinski definition) is 5. The lowest BCUT2D eigenvalue weighted by atomic mass is 10.1. The highest BCUT2D eigenvalue weighted by atomic mass is 16.7. The molecule has 22 heavy (non-hydrogen) atoms. The second-order valence-corrected chi connectivity index (χ2v) is 5.01. The molecular weight excluding hydrogens is 286 g/mol. The van der Waals surface area contributed by atoms with Gasteiger partial charge >= 0.3 is 5.97 Å². The van der Waals surface area contributed by atoms with Crippen LogP contribution in [-0.2, 0) is 11.3 Å². The Morgan fingerprint density at radius 3 is 3.09 bits per heavy atom. The molecule has 1 aliphatic rings. The largest absolute Gasteiger partial charge is 0.481 e. The number of aromatic amines is 1. The maximum atomic E-state index is 10.5. The summed E-state index contributed by atoms with van der Waals surface area (Å²) in [6.07, 6.45) is 2.55. The fraction of sp³-hybridized carbons (Fsp3) is 0.333. The smallest absolute Gasteiger partial charge is 0.303 e. The first-order valence-electron chi connectivity index (χ1n) is 7.09. The Morgan fingerprint density at radius 1 is 1.36 bits per heavy atom. The normalized spacial score (nSPS) is 12.5. The Hall–Kier alpha value is -2.54. The van der Waals surface area contributed by atoms with Gasteiger partial charge in [-0.25, -0.2) is 0 Å². The van der Waals surface area contributed by atoms with E-state index >= 15 is 0 Å². The van der Waals surface area contributed by atoms with E-state index in [-0.39, 0.29) is 13.2 Å². The van der Waals surface area contributed by atoms with E-state index in [0.29, 0.717) is 19.5 Å². The van der Waals surface area contributed by atoms with Gasteiger partial charge in [0.15, 0.2) is 11.5 Å². The molecule has 116 valence electrons. The summed E-state index contributed by atoms with van der Waals surface area (Å²) in [6, 6.07) is 5.75. The molecule has 0 fully saturated rings. The number of carbonyl (C=O) groups is 1. The Kier molecular flexibility index (Phi) is 4.24. The first kappa shape index (κ1) is 14.4. The van der Waals surface area contributed by atoms with Crippen LogP contribution in [0.3, 0.4) is 0 Å². The summed E-state index contributed by atoms with van der Waals surface area (Å²) in [5.74, 6) is 0.704. The number of nitrogens with zero attached hydrogens (tertiary/aromatic N) is 1. The van der Waals surface area contributed by atoms with Crippen molar-refractivity contribution in [1.82, 2.24) is 15.5 Å². The van der Waals surface area contributed by atoms with Crippen LogP contribution in [0.1, 0.15) is 18.4 Å². The van der Waals surface area contributed by atoms with Crippen molar-refractivity contribution in [1.29, 1.82) is 0 Å². The number of nitrogens with one attached hydrogen (secondary N) is 2. The van der Waals surface area contributed by atoms with Crippen LogP contribution in [0.4, 0.5) is 0 Å². The summed E-state index contributed by atoms with van der Waals surface area (Å²) in [5.41, 5.74) is 2.92. The topological polar surface area (TPSA) is 96.5 Å².